The molecular weight excluding hydrogens is 383 g/mol. The highest BCUT2D eigenvalue weighted by Crippen LogP contribution is 2.29. The molecule has 27 heavy (non-hydrogen) atoms. The van der Waals surface area contributed by atoms with E-state index in [1.165, 1.54) is 12.1 Å². The molecule has 0 aliphatic heterocycles. The lowest BCUT2D eigenvalue weighted by molar-refractivity contribution is -0.138. The van der Waals surface area contributed by atoms with Crippen molar-refractivity contribution in [2.45, 2.75) is 31.5 Å². The summed E-state index contributed by atoms with van der Waals surface area (Å²) in [5, 5.41) is 12.1. The van der Waals surface area contributed by atoms with Crippen LogP contribution in [0.2, 0.25) is 5.02 Å². The normalized spacial score (nSPS) is 12.4. The van der Waals surface area contributed by atoms with Gasteiger partial charge >= 0.3 is 12.1 Å². The molecule has 0 fully saturated rings. The molecule has 1 amide bonds. The Labute approximate surface area is 159 Å². The third-order valence-corrected chi connectivity index (χ3v) is 4.04. The van der Waals surface area contributed by atoms with Crippen LogP contribution in [0.4, 0.5) is 13.2 Å². The van der Waals surface area contributed by atoms with E-state index in [0.717, 1.165) is 12.1 Å². The molecule has 0 heterocycles. The standard InChI is InChI=1S/C19H17ClF3NO3/c20-15-3-1-2-13(8-15)10-17(25)24-16(11-18(26)27)9-12-4-6-14(7-5-12)19(21,22)23/h1-8,16H,9-11H2,(H,24,25)(H,26,27)/t16-/m1/s1. The average Bonchev–Trinajstić information content (AvgIpc) is 2.53. The van der Waals surface area contributed by atoms with E-state index in [0.29, 0.717) is 16.1 Å². The second kappa shape index (κ2) is 8.90. The van der Waals surface area contributed by atoms with Gasteiger partial charge in [-0.1, -0.05) is 35.9 Å². The molecule has 2 rings (SSSR count). The van der Waals surface area contributed by atoms with Gasteiger partial charge in [0, 0.05) is 11.1 Å². The van der Waals surface area contributed by atoms with E-state index in [2.05, 4.69) is 5.32 Å². The quantitative estimate of drug-likeness (QED) is 0.736. The maximum Gasteiger partial charge on any atom is 0.416 e. The molecule has 2 aromatic rings. The van der Waals surface area contributed by atoms with Crippen LogP contribution in [-0.4, -0.2) is 23.0 Å². The van der Waals surface area contributed by atoms with Crippen molar-refractivity contribution >= 4 is 23.5 Å². The zero-order valence-electron chi connectivity index (χ0n) is 14.1. The van der Waals surface area contributed by atoms with Gasteiger partial charge in [0.15, 0.2) is 0 Å². The molecule has 0 aliphatic rings. The smallest absolute Gasteiger partial charge is 0.416 e. The fourth-order valence-electron chi connectivity index (χ4n) is 2.61. The molecule has 0 radical (unpaired) electrons. The first-order chi connectivity index (χ1) is 12.6. The third-order valence-electron chi connectivity index (χ3n) is 3.80. The molecule has 4 nitrogen and oxygen atoms in total. The molecule has 8 heteroatoms. The van der Waals surface area contributed by atoms with E-state index in [1.807, 2.05) is 0 Å². The highest BCUT2D eigenvalue weighted by Gasteiger charge is 2.30. The van der Waals surface area contributed by atoms with Gasteiger partial charge in [0.2, 0.25) is 5.91 Å². The Hall–Kier alpha value is -2.54. The Morgan fingerprint density at radius 2 is 1.74 bits per heavy atom. The molecule has 1 atom stereocenters. The predicted octanol–water partition coefficient (Wildman–Crippen LogP) is 4.10. The Balaban J connectivity index is 2.04. The minimum atomic E-state index is -4.44. The molecule has 0 unspecified atom stereocenters. The van der Waals surface area contributed by atoms with Crippen molar-refractivity contribution in [2.75, 3.05) is 0 Å². The molecule has 2 N–H and O–H groups in total. The fourth-order valence-corrected chi connectivity index (χ4v) is 2.82. The van der Waals surface area contributed by atoms with Crippen LogP contribution in [0.15, 0.2) is 48.5 Å². The van der Waals surface area contributed by atoms with E-state index in [4.69, 9.17) is 16.7 Å². The number of hydrogen-bond acceptors (Lipinski definition) is 2. The lowest BCUT2D eigenvalue weighted by Crippen LogP contribution is -2.39. The summed E-state index contributed by atoms with van der Waals surface area (Å²) in [4.78, 5) is 23.2. The Bertz CT molecular complexity index is 807. The first kappa shape index (κ1) is 20.8. The summed E-state index contributed by atoms with van der Waals surface area (Å²) in [6, 6.07) is 10.4. The van der Waals surface area contributed by atoms with Crippen LogP contribution in [0.1, 0.15) is 23.1 Å². The van der Waals surface area contributed by atoms with Crippen LogP contribution in [0, 0.1) is 0 Å². The Kier molecular flexibility index (Phi) is 6.85. The van der Waals surface area contributed by atoms with Gasteiger partial charge < -0.3 is 10.4 Å². The number of carbonyl (C=O) groups is 2. The third kappa shape index (κ3) is 6.94. The molecule has 144 valence electrons. The number of halogens is 4. The number of alkyl halides is 3. The lowest BCUT2D eigenvalue weighted by atomic mass is 10.0. The first-order valence-corrected chi connectivity index (χ1v) is 8.43. The molecule has 0 saturated heterocycles. The topological polar surface area (TPSA) is 66.4 Å². The van der Waals surface area contributed by atoms with Crippen molar-refractivity contribution in [3.8, 4) is 0 Å². The van der Waals surface area contributed by atoms with Gasteiger partial charge in [0.05, 0.1) is 18.4 Å². The summed E-state index contributed by atoms with van der Waals surface area (Å²) < 4.78 is 37.9. The van der Waals surface area contributed by atoms with Gasteiger partial charge in [-0.2, -0.15) is 13.2 Å². The zero-order chi connectivity index (χ0) is 20.0. The van der Waals surface area contributed by atoms with Crippen LogP contribution < -0.4 is 5.32 Å². The van der Waals surface area contributed by atoms with Crippen molar-refractivity contribution in [1.82, 2.24) is 5.32 Å². The van der Waals surface area contributed by atoms with Gasteiger partial charge in [0.25, 0.3) is 0 Å². The van der Waals surface area contributed by atoms with Gasteiger partial charge in [-0.3, -0.25) is 9.59 Å². The minimum absolute atomic E-state index is 0.0176. The van der Waals surface area contributed by atoms with E-state index in [9.17, 15) is 22.8 Å². The first-order valence-electron chi connectivity index (χ1n) is 8.05. The molecule has 0 aromatic heterocycles. The number of benzene rings is 2. The number of carbonyl (C=O) groups excluding carboxylic acids is 1. The molecule has 0 aliphatic carbocycles. The van der Waals surface area contributed by atoms with Crippen molar-refractivity contribution in [3.63, 3.8) is 0 Å². The van der Waals surface area contributed by atoms with Crippen LogP contribution in [0.3, 0.4) is 0 Å². The van der Waals surface area contributed by atoms with Crippen LogP contribution in [-0.2, 0) is 28.6 Å². The van der Waals surface area contributed by atoms with Crippen LogP contribution in [0.5, 0.6) is 0 Å². The maximum absolute atomic E-state index is 12.6. The predicted molar refractivity (Wildman–Crippen MR) is 94.5 cm³/mol. The summed E-state index contributed by atoms with van der Waals surface area (Å²) in [5.74, 6) is -1.51. The molecule has 2 aromatic carbocycles. The van der Waals surface area contributed by atoms with Crippen molar-refractivity contribution in [1.29, 1.82) is 0 Å². The summed E-state index contributed by atoms with van der Waals surface area (Å²) in [6.45, 7) is 0. The highest BCUT2D eigenvalue weighted by molar-refractivity contribution is 6.30. The molecule has 0 bridgehead atoms. The number of rotatable bonds is 7. The summed E-state index contributed by atoms with van der Waals surface area (Å²) in [6.07, 6.45) is -4.66. The van der Waals surface area contributed by atoms with E-state index < -0.39 is 29.7 Å². The number of hydrogen-bond donors (Lipinski definition) is 2. The zero-order valence-corrected chi connectivity index (χ0v) is 14.8. The number of amides is 1. The lowest BCUT2D eigenvalue weighted by Gasteiger charge is -2.18. The minimum Gasteiger partial charge on any atom is -0.481 e. The summed E-state index contributed by atoms with van der Waals surface area (Å²) >= 11 is 5.87. The summed E-state index contributed by atoms with van der Waals surface area (Å²) in [7, 11) is 0. The van der Waals surface area contributed by atoms with Gasteiger partial charge in [-0.15, -0.1) is 0 Å². The van der Waals surface area contributed by atoms with Gasteiger partial charge in [-0.05, 0) is 41.8 Å². The SMILES string of the molecule is O=C(O)C[C@@H](Cc1ccc(C(F)(F)F)cc1)NC(=O)Cc1cccc(Cl)c1. The number of aliphatic carboxylic acids is 1. The van der Waals surface area contributed by atoms with Crippen LogP contribution >= 0.6 is 11.6 Å². The Morgan fingerprint density at radius 1 is 1.07 bits per heavy atom. The second-order valence-corrected chi connectivity index (χ2v) is 6.50. The van der Waals surface area contributed by atoms with Crippen molar-refractivity contribution < 1.29 is 27.9 Å². The monoisotopic (exact) mass is 399 g/mol. The maximum atomic E-state index is 12.6. The molecular formula is C19H17ClF3NO3. The molecule has 0 saturated carbocycles. The van der Waals surface area contributed by atoms with Crippen molar-refractivity contribution in [2.24, 2.45) is 0 Å². The number of nitrogens with one attached hydrogen (secondary N) is 1. The van der Waals surface area contributed by atoms with E-state index >= 15 is 0 Å². The Morgan fingerprint density at radius 3 is 2.30 bits per heavy atom. The average molecular weight is 400 g/mol. The van der Waals surface area contributed by atoms with E-state index in [-0.39, 0.29) is 19.3 Å². The summed E-state index contributed by atoms with van der Waals surface area (Å²) in [5.41, 5.74) is 0.381. The highest BCUT2D eigenvalue weighted by atomic mass is 35.5. The molecule has 0 spiro atoms. The van der Waals surface area contributed by atoms with Gasteiger partial charge in [0.1, 0.15) is 0 Å². The fraction of sp³-hybridized carbons (Fsp3) is 0.263. The second-order valence-electron chi connectivity index (χ2n) is 6.07. The van der Waals surface area contributed by atoms with Gasteiger partial charge in [-0.25, -0.2) is 0 Å². The number of carboxylic acids is 1. The van der Waals surface area contributed by atoms with E-state index in [1.54, 1.807) is 24.3 Å². The van der Waals surface area contributed by atoms with Crippen molar-refractivity contribution in [3.05, 3.63) is 70.2 Å². The largest absolute Gasteiger partial charge is 0.481 e. The van der Waals surface area contributed by atoms with Crippen LogP contribution in [0.25, 0.3) is 0 Å². The number of carboxylic acid groups (broad SMARTS) is 1.